The monoisotopic (exact) mass is 428 g/mol. The van der Waals surface area contributed by atoms with Gasteiger partial charge in [-0.1, -0.05) is 29.3 Å². The van der Waals surface area contributed by atoms with Gasteiger partial charge in [-0.3, -0.25) is 4.18 Å². The van der Waals surface area contributed by atoms with E-state index >= 15 is 13.2 Å². The van der Waals surface area contributed by atoms with E-state index in [0.29, 0.717) is 12.8 Å². The minimum absolute atomic E-state index is 0.00591. The van der Waals surface area contributed by atoms with Crippen molar-refractivity contribution in [2.45, 2.75) is 81.4 Å². The Morgan fingerprint density at radius 1 is 1.03 bits per heavy atom. The maximum Gasteiger partial charge on any atom is 0.297 e. The number of rotatable bonds is 4. The molecule has 3 fully saturated rings. The summed E-state index contributed by atoms with van der Waals surface area (Å²) in [6.45, 7) is 3.79. The molecule has 4 aliphatic carbocycles. The van der Waals surface area contributed by atoms with Gasteiger partial charge in [-0.15, -0.1) is 0 Å². The molecule has 0 heterocycles. The van der Waals surface area contributed by atoms with E-state index in [4.69, 9.17) is 4.18 Å². The Morgan fingerprint density at radius 3 is 2.21 bits per heavy atom. The van der Waals surface area contributed by atoms with Crippen LogP contribution in [0, 0.1) is 18.3 Å². The first-order valence-electron chi connectivity index (χ1n) is 10.2. The smallest absolute Gasteiger partial charge is 0.256 e. The van der Waals surface area contributed by atoms with Crippen LogP contribution in [0.3, 0.4) is 0 Å². The molecule has 1 aromatic carbocycles. The molecule has 0 aromatic heterocycles. The number of hydrogen-bond acceptors (Lipinski definition) is 3. The molecule has 0 saturated heterocycles. The molecule has 0 amide bonds. The summed E-state index contributed by atoms with van der Waals surface area (Å²) >= 11 is 0. The van der Waals surface area contributed by atoms with Gasteiger partial charge in [0.25, 0.3) is 16.0 Å². The summed E-state index contributed by atoms with van der Waals surface area (Å²) in [6, 6.07) is 5.92. The molecule has 2 bridgehead atoms. The van der Waals surface area contributed by atoms with Crippen molar-refractivity contribution in [1.82, 2.24) is 0 Å². The third-order valence-corrected chi connectivity index (χ3v) is 8.84. The second-order valence-electron chi connectivity index (χ2n) is 9.08. The van der Waals surface area contributed by atoms with Crippen LogP contribution in [0.2, 0.25) is 0 Å². The lowest BCUT2D eigenvalue weighted by Crippen LogP contribution is -2.69. The van der Waals surface area contributed by atoms with Crippen molar-refractivity contribution in [3.63, 3.8) is 0 Å². The van der Waals surface area contributed by atoms with Gasteiger partial charge in [0.15, 0.2) is 6.17 Å². The van der Waals surface area contributed by atoms with Gasteiger partial charge in [-0.25, -0.2) is 13.2 Å². The van der Waals surface area contributed by atoms with Crippen molar-refractivity contribution >= 4 is 10.1 Å². The van der Waals surface area contributed by atoms with Crippen molar-refractivity contribution in [3.05, 3.63) is 41.5 Å². The molecule has 4 aliphatic rings. The minimum Gasteiger partial charge on any atom is -0.256 e. The van der Waals surface area contributed by atoms with Gasteiger partial charge in [-0.05, 0) is 76.8 Å². The Bertz CT molecular complexity index is 913. The Labute approximate surface area is 170 Å². The first-order valence-corrected chi connectivity index (χ1v) is 11.6. The summed E-state index contributed by atoms with van der Waals surface area (Å²) < 4.78 is 76.9. The lowest BCUT2D eigenvalue weighted by molar-refractivity contribution is -0.297. The predicted octanol–water partition coefficient (Wildman–Crippen LogP) is 5.73. The molecule has 0 aliphatic heterocycles. The van der Waals surface area contributed by atoms with Crippen LogP contribution in [0.5, 0.6) is 0 Å². The zero-order chi connectivity index (χ0) is 21.1. The summed E-state index contributed by atoms with van der Waals surface area (Å²) in [6.07, 6.45) is 1.42. The van der Waals surface area contributed by atoms with Gasteiger partial charge in [0.05, 0.1) is 4.90 Å². The second-order valence-corrected chi connectivity index (χ2v) is 10.6. The van der Waals surface area contributed by atoms with Crippen LogP contribution in [0.25, 0.3) is 0 Å². The molecule has 2 atom stereocenters. The Morgan fingerprint density at radius 2 is 1.66 bits per heavy atom. The highest BCUT2D eigenvalue weighted by molar-refractivity contribution is 7.86. The van der Waals surface area contributed by atoms with E-state index in [2.05, 4.69) is 0 Å². The normalized spacial score (nSPS) is 36.7. The van der Waals surface area contributed by atoms with E-state index in [1.807, 2.05) is 13.0 Å². The third-order valence-electron chi connectivity index (χ3n) is 7.44. The fourth-order valence-corrected chi connectivity index (χ4v) is 6.79. The molecular formula is C22H27F3O3S. The number of aryl methyl sites for hydroxylation is 1. The lowest BCUT2D eigenvalue weighted by atomic mass is 9.49. The standard InChI is InChI=1S/C22H27F3O3S/c1-15-3-7-17(8-4-15)20-11-13-21(14-12-20,19(23)22(20,24)25)28-29(26,27)18-9-5-16(2)6-10-18/h3,5-6,9-10,17,19H,4,7-8,11-14H2,1-2H3. The summed E-state index contributed by atoms with van der Waals surface area (Å²) in [5.41, 5.74) is -1.36. The minimum atomic E-state index is -4.34. The van der Waals surface area contributed by atoms with E-state index in [1.165, 1.54) is 17.7 Å². The lowest BCUT2D eigenvalue weighted by Gasteiger charge is -2.60. The van der Waals surface area contributed by atoms with E-state index in [1.54, 1.807) is 19.1 Å². The van der Waals surface area contributed by atoms with E-state index in [0.717, 1.165) is 12.0 Å². The molecule has 2 unspecified atom stereocenters. The topological polar surface area (TPSA) is 43.4 Å². The van der Waals surface area contributed by atoms with Gasteiger partial charge < -0.3 is 0 Å². The first-order chi connectivity index (χ1) is 13.5. The number of hydrogen-bond donors (Lipinski definition) is 0. The quantitative estimate of drug-likeness (QED) is 0.454. The van der Waals surface area contributed by atoms with Gasteiger partial charge in [0.1, 0.15) is 5.60 Å². The number of halogens is 3. The fraction of sp³-hybridized carbons (Fsp3) is 0.636. The molecule has 5 rings (SSSR count). The van der Waals surface area contributed by atoms with Crippen molar-refractivity contribution in [1.29, 1.82) is 0 Å². The summed E-state index contributed by atoms with van der Waals surface area (Å²) in [5, 5.41) is 0. The maximum atomic E-state index is 15.4. The van der Waals surface area contributed by atoms with Crippen molar-refractivity contribution in [2.24, 2.45) is 11.3 Å². The largest absolute Gasteiger partial charge is 0.297 e. The number of fused-ring (bicyclic) bond motifs is 3. The number of alkyl halides is 3. The molecule has 0 spiro atoms. The maximum absolute atomic E-state index is 15.4. The molecule has 3 saturated carbocycles. The summed E-state index contributed by atoms with van der Waals surface area (Å²) in [5.74, 6) is -3.90. The average Bonchev–Trinajstić information content (AvgIpc) is 2.67. The van der Waals surface area contributed by atoms with Crippen LogP contribution in [0.4, 0.5) is 13.2 Å². The molecule has 160 valence electrons. The highest BCUT2D eigenvalue weighted by Crippen LogP contribution is 2.67. The van der Waals surface area contributed by atoms with Crippen LogP contribution in [-0.4, -0.2) is 26.1 Å². The Balaban J connectivity index is 1.63. The fourth-order valence-electron chi connectivity index (χ4n) is 5.53. The van der Waals surface area contributed by atoms with Crippen LogP contribution >= 0.6 is 0 Å². The second kappa shape index (κ2) is 6.84. The Kier molecular flexibility index (Phi) is 4.93. The predicted molar refractivity (Wildman–Crippen MR) is 104 cm³/mol. The molecule has 1 aromatic rings. The molecule has 0 radical (unpaired) electrons. The van der Waals surface area contributed by atoms with Gasteiger partial charge in [-0.2, -0.15) is 8.42 Å². The number of allylic oxidation sites excluding steroid dienone is 2. The van der Waals surface area contributed by atoms with Crippen LogP contribution in [-0.2, 0) is 14.3 Å². The highest BCUT2D eigenvalue weighted by Gasteiger charge is 2.74. The summed E-state index contributed by atoms with van der Waals surface area (Å²) in [7, 11) is -4.34. The van der Waals surface area contributed by atoms with E-state index in [-0.39, 0.29) is 36.5 Å². The van der Waals surface area contributed by atoms with Crippen LogP contribution in [0.1, 0.15) is 57.4 Å². The third kappa shape index (κ3) is 3.16. The first kappa shape index (κ1) is 20.9. The highest BCUT2D eigenvalue weighted by atomic mass is 32.2. The molecule has 0 N–H and O–H groups in total. The molecule has 29 heavy (non-hydrogen) atoms. The Hall–Kier alpha value is -1.34. The molecule has 7 heteroatoms. The van der Waals surface area contributed by atoms with E-state index in [9.17, 15) is 8.42 Å². The van der Waals surface area contributed by atoms with Crippen LogP contribution in [0.15, 0.2) is 40.8 Å². The molecular weight excluding hydrogens is 401 g/mol. The van der Waals surface area contributed by atoms with Crippen molar-refractivity contribution < 1.29 is 25.8 Å². The van der Waals surface area contributed by atoms with Gasteiger partial charge in [0, 0.05) is 5.41 Å². The zero-order valence-corrected chi connectivity index (χ0v) is 17.6. The van der Waals surface area contributed by atoms with Gasteiger partial charge in [0.2, 0.25) is 0 Å². The van der Waals surface area contributed by atoms with Crippen molar-refractivity contribution in [3.8, 4) is 0 Å². The van der Waals surface area contributed by atoms with Gasteiger partial charge >= 0.3 is 0 Å². The SMILES string of the molecule is CC1=CCC(C23CCC(OS(=O)(=O)c4ccc(C)cc4)(CC2)C(F)C3(F)F)CC1. The zero-order valence-electron chi connectivity index (χ0n) is 16.8. The molecule has 3 nitrogen and oxygen atoms in total. The average molecular weight is 429 g/mol. The van der Waals surface area contributed by atoms with E-state index < -0.39 is 33.2 Å². The van der Waals surface area contributed by atoms with Crippen molar-refractivity contribution in [2.75, 3.05) is 0 Å². The summed E-state index contributed by atoms with van der Waals surface area (Å²) in [4.78, 5) is -0.136. The van der Waals surface area contributed by atoms with Crippen LogP contribution < -0.4 is 0 Å². The number of benzene rings is 1.